The van der Waals surface area contributed by atoms with Gasteiger partial charge in [0.05, 0.1) is 11.9 Å². The number of amides is 2. The summed E-state index contributed by atoms with van der Waals surface area (Å²) in [5.41, 5.74) is 2.46. The van der Waals surface area contributed by atoms with Crippen molar-refractivity contribution in [1.82, 2.24) is 10.2 Å². The number of hydrogen-bond acceptors (Lipinski definition) is 4. The van der Waals surface area contributed by atoms with E-state index in [1.807, 2.05) is 30.3 Å². The predicted octanol–water partition coefficient (Wildman–Crippen LogP) is 5.25. The van der Waals surface area contributed by atoms with Gasteiger partial charge in [-0.3, -0.25) is 13.9 Å². The summed E-state index contributed by atoms with van der Waals surface area (Å²) in [6.45, 7) is 1.24. The van der Waals surface area contributed by atoms with Crippen molar-refractivity contribution in [3.63, 3.8) is 0 Å². The predicted molar refractivity (Wildman–Crippen MR) is 160 cm³/mol. The van der Waals surface area contributed by atoms with E-state index in [9.17, 15) is 22.4 Å². The maximum atomic E-state index is 14.1. The Bertz CT molecular complexity index is 1460. The van der Waals surface area contributed by atoms with Crippen molar-refractivity contribution in [2.45, 2.75) is 57.7 Å². The molecule has 1 atom stereocenters. The van der Waals surface area contributed by atoms with E-state index >= 15 is 0 Å². The van der Waals surface area contributed by atoms with Crippen molar-refractivity contribution in [3.05, 3.63) is 100 Å². The zero-order valence-corrected chi connectivity index (χ0v) is 24.8. The van der Waals surface area contributed by atoms with E-state index in [1.165, 1.54) is 23.1 Å². The molecule has 2 amide bonds. The highest BCUT2D eigenvalue weighted by Gasteiger charge is 2.34. The van der Waals surface area contributed by atoms with Crippen molar-refractivity contribution in [2.75, 3.05) is 17.1 Å². The standard InChI is InChI=1S/C31H35ClFN3O4S/c1-22-12-17-27(19-28(22)32)36(41(2,39)40)21-30(37)35(20-24-13-15-25(33)16-14-24)29(18-23-8-4-3-5-9-23)31(38)34-26-10-6-7-11-26/h3-5,8-9,12-17,19,26,29H,6-7,10-11,18,20-21H2,1-2H3,(H,34,38)/t29-/m0/s1. The number of nitrogens with zero attached hydrogens (tertiary/aromatic N) is 2. The zero-order chi connectivity index (χ0) is 29.6. The summed E-state index contributed by atoms with van der Waals surface area (Å²) >= 11 is 6.29. The van der Waals surface area contributed by atoms with E-state index in [1.54, 1.807) is 31.2 Å². The largest absolute Gasteiger partial charge is 0.352 e. The van der Waals surface area contributed by atoms with Gasteiger partial charge < -0.3 is 10.2 Å². The molecule has 0 aliphatic heterocycles. The summed E-state index contributed by atoms with van der Waals surface area (Å²) < 4.78 is 40.5. The Hall–Kier alpha value is -3.43. The van der Waals surface area contributed by atoms with Gasteiger partial charge in [-0.2, -0.15) is 0 Å². The van der Waals surface area contributed by atoms with Gasteiger partial charge in [0, 0.05) is 24.0 Å². The van der Waals surface area contributed by atoms with Crippen LogP contribution in [0.5, 0.6) is 0 Å². The van der Waals surface area contributed by atoms with Gasteiger partial charge in [0.15, 0.2) is 0 Å². The van der Waals surface area contributed by atoms with Gasteiger partial charge in [0.2, 0.25) is 21.8 Å². The summed E-state index contributed by atoms with van der Waals surface area (Å²) in [6.07, 6.45) is 5.02. The Labute approximate surface area is 246 Å². The molecule has 0 heterocycles. The van der Waals surface area contributed by atoms with Crippen LogP contribution in [-0.2, 0) is 32.6 Å². The van der Waals surface area contributed by atoms with E-state index in [0.717, 1.165) is 47.4 Å². The first-order valence-corrected chi connectivity index (χ1v) is 15.9. The van der Waals surface area contributed by atoms with Gasteiger partial charge >= 0.3 is 0 Å². The van der Waals surface area contributed by atoms with Crippen molar-refractivity contribution in [1.29, 1.82) is 0 Å². The molecule has 10 heteroatoms. The fourth-order valence-corrected chi connectivity index (χ4v) is 6.07. The van der Waals surface area contributed by atoms with Gasteiger partial charge in [-0.15, -0.1) is 0 Å². The topological polar surface area (TPSA) is 86.8 Å². The molecule has 0 saturated heterocycles. The number of aryl methyl sites for hydroxylation is 1. The van der Waals surface area contributed by atoms with Crippen LogP contribution < -0.4 is 9.62 Å². The lowest BCUT2D eigenvalue weighted by molar-refractivity contribution is -0.140. The molecule has 1 saturated carbocycles. The fraction of sp³-hybridized carbons (Fsp3) is 0.355. The van der Waals surface area contributed by atoms with Gasteiger partial charge in [0.1, 0.15) is 18.4 Å². The Balaban J connectivity index is 1.72. The SMILES string of the molecule is Cc1ccc(N(CC(=O)N(Cc2ccc(F)cc2)[C@@H](Cc2ccccc2)C(=O)NC2CCCC2)S(C)(=O)=O)cc1Cl. The fourth-order valence-electron chi connectivity index (χ4n) is 5.06. The number of nitrogens with one attached hydrogen (secondary N) is 1. The minimum absolute atomic E-state index is 0.0129. The number of carbonyl (C=O) groups excluding carboxylic acids is 2. The monoisotopic (exact) mass is 599 g/mol. The summed E-state index contributed by atoms with van der Waals surface area (Å²) in [6, 6.07) is 18.9. The van der Waals surface area contributed by atoms with Gasteiger partial charge in [0.25, 0.3) is 0 Å². The number of sulfonamides is 1. The van der Waals surface area contributed by atoms with E-state index in [0.29, 0.717) is 10.6 Å². The first kappa shape index (κ1) is 30.5. The average molecular weight is 600 g/mol. The van der Waals surface area contributed by atoms with Crippen molar-refractivity contribution < 1.29 is 22.4 Å². The van der Waals surface area contributed by atoms with Crippen LogP contribution in [0, 0.1) is 12.7 Å². The van der Waals surface area contributed by atoms with E-state index in [4.69, 9.17) is 11.6 Å². The molecule has 1 aliphatic rings. The third kappa shape index (κ3) is 8.30. The number of halogens is 2. The maximum absolute atomic E-state index is 14.1. The molecule has 0 unspecified atom stereocenters. The second-order valence-electron chi connectivity index (χ2n) is 10.5. The lowest BCUT2D eigenvalue weighted by Gasteiger charge is -2.34. The highest BCUT2D eigenvalue weighted by molar-refractivity contribution is 7.92. The molecule has 1 fully saturated rings. The Morgan fingerprint density at radius 2 is 1.66 bits per heavy atom. The Morgan fingerprint density at radius 1 is 1.00 bits per heavy atom. The molecule has 0 radical (unpaired) electrons. The molecule has 218 valence electrons. The number of carbonyl (C=O) groups is 2. The second kappa shape index (κ2) is 13.5. The van der Waals surface area contributed by atoms with Crippen LogP contribution in [0.2, 0.25) is 5.02 Å². The molecule has 1 aliphatic carbocycles. The molecule has 0 spiro atoms. The Kier molecular flexibility index (Phi) is 10.0. The third-order valence-corrected chi connectivity index (χ3v) is 8.91. The van der Waals surface area contributed by atoms with E-state index < -0.39 is 34.3 Å². The number of anilines is 1. The molecule has 3 aromatic rings. The summed E-state index contributed by atoms with van der Waals surface area (Å²) in [4.78, 5) is 29.3. The summed E-state index contributed by atoms with van der Waals surface area (Å²) in [5, 5.41) is 3.48. The molecule has 0 aromatic heterocycles. The molecule has 1 N–H and O–H groups in total. The molecule has 7 nitrogen and oxygen atoms in total. The first-order chi connectivity index (χ1) is 19.5. The molecule has 0 bridgehead atoms. The number of hydrogen-bond donors (Lipinski definition) is 1. The highest BCUT2D eigenvalue weighted by Crippen LogP contribution is 2.26. The average Bonchev–Trinajstić information content (AvgIpc) is 3.45. The Morgan fingerprint density at radius 3 is 2.27 bits per heavy atom. The highest BCUT2D eigenvalue weighted by atomic mass is 35.5. The van der Waals surface area contributed by atoms with Crippen molar-refractivity contribution in [2.24, 2.45) is 0 Å². The first-order valence-electron chi connectivity index (χ1n) is 13.6. The van der Waals surface area contributed by atoms with Crippen LogP contribution in [0.25, 0.3) is 0 Å². The van der Waals surface area contributed by atoms with Gasteiger partial charge in [-0.25, -0.2) is 12.8 Å². The van der Waals surface area contributed by atoms with Crippen molar-refractivity contribution in [3.8, 4) is 0 Å². The van der Waals surface area contributed by atoms with Crippen LogP contribution in [0.15, 0.2) is 72.8 Å². The quantitative estimate of drug-likeness (QED) is 0.326. The van der Waals surface area contributed by atoms with Crippen LogP contribution in [-0.4, -0.2) is 50.0 Å². The van der Waals surface area contributed by atoms with Crippen molar-refractivity contribution >= 4 is 39.1 Å². The maximum Gasteiger partial charge on any atom is 0.244 e. The molecule has 41 heavy (non-hydrogen) atoms. The van der Waals surface area contributed by atoms with E-state index in [2.05, 4.69) is 5.32 Å². The van der Waals surface area contributed by atoms with Crippen LogP contribution in [0.3, 0.4) is 0 Å². The van der Waals surface area contributed by atoms with Crippen LogP contribution in [0.1, 0.15) is 42.4 Å². The molecular weight excluding hydrogens is 565 g/mol. The van der Waals surface area contributed by atoms with E-state index in [-0.39, 0.29) is 30.6 Å². The molecule has 4 rings (SSSR count). The van der Waals surface area contributed by atoms with Gasteiger partial charge in [-0.05, 0) is 60.7 Å². The lowest BCUT2D eigenvalue weighted by Crippen LogP contribution is -2.54. The smallest absolute Gasteiger partial charge is 0.244 e. The molecular formula is C31H35ClFN3O4S. The molecule has 3 aromatic carbocycles. The van der Waals surface area contributed by atoms with Crippen LogP contribution in [0.4, 0.5) is 10.1 Å². The number of rotatable bonds is 11. The lowest BCUT2D eigenvalue weighted by atomic mass is 10.0. The van der Waals surface area contributed by atoms with Crippen LogP contribution >= 0.6 is 11.6 Å². The zero-order valence-electron chi connectivity index (χ0n) is 23.2. The minimum atomic E-state index is -3.90. The normalized spacial score (nSPS) is 14.4. The number of benzene rings is 3. The third-order valence-electron chi connectivity index (χ3n) is 7.36. The van der Waals surface area contributed by atoms with Gasteiger partial charge in [-0.1, -0.05) is 73.0 Å². The second-order valence-corrected chi connectivity index (χ2v) is 12.9. The minimum Gasteiger partial charge on any atom is -0.352 e. The summed E-state index contributed by atoms with van der Waals surface area (Å²) in [7, 11) is -3.90. The summed E-state index contributed by atoms with van der Waals surface area (Å²) in [5.74, 6) is -1.30.